The van der Waals surface area contributed by atoms with Gasteiger partial charge in [0, 0.05) is 24.7 Å². The first kappa shape index (κ1) is 11.9. The van der Waals surface area contributed by atoms with E-state index < -0.39 is 0 Å². The zero-order valence-electron chi connectivity index (χ0n) is 9.39. The first-order valence-electron chi connectivity index (χ1n) is 5.48. The monoisotopic (exact) mass is 250 g/mol. The van der Waals surface area contributed by atoms with Crippen molar-refractivity contribution in [3.8, 4) is 5.75 Å². The van der Waals surface area contributed by atoms with Crippen LogP contribution in [0.4, 0.5) is 5.69 Å². The number of nitrogens with two attached hydrogens (primary N) is 1. The van der Waals surface area contributed by atoms with Crippen LogP contribution in [0.1, 0.15) is 12.8 Å². The summed E-state index contributed by atoms with van der Waals surface area (Å²) < 4.78 is 5.40. The van der Waals surface area contributed by atoms with Crippen molar-refractivity contribution in [2.45, 2.75) is 12.8 Å². The number of benzene rings is 1. The van der Waals surface area contributed by atoms with Gasteiger partial charge in [-0.15, -0.1) is 0 Å². The average molecular weight is 250 g/mol. The molecule has 2 N–H and O–H groups in total. The van der Waals surface area contributed by atoms with Crippen molar-refractivity contribution in [1.82, 2.24) is 0 Å². The molecule has 0 bridgehead atoms. The van der Waals surface area contributed by atoms with E-state index in [2.05, 4.69) is 0 Å². The van der Waals surface area contributed by atoms with Gasteiger partial charge in [0.2, 0.25) is 5.91 Å². The van der Waals surface area contributed by atoms with Gasteiger partial charge < -0.3 is 15.4 Å². The Hall–Kier alpha value is -1.62. The Morgan fingerprint density at radius 3 is 3.00 bits per heavy atom. The van der Waals surface area contributed by atoms with E-state index in [9.17, 15) is 4.79 Å². The van der Waals surface area contributed by atoms with Gasteiger partial charge in [-0.3, -0.25) is 4.79 Å². The van der Waals surface area contributed by atoms with Gasteiger partial charge in [-0.1, -0.05) is 18.3 Å². The number of hydrogen-bond donors (Lipinski definition) is 1. The molecule has 1 aromatic carbocycles. The fraction of sp³-hybridized carbons (Fsp3) is 0.333. The van der Waals surface area contributed by atoms with Gasteiger partial charge in [-0.25, -0.2) is 0 Å². The molecule has 1 saturated heterocycles. The Morgan fingerprint density at radius 1 is 1.53 bits per heavy atom. The van der Waals surface area contributed by atoms with Gasteiger partial charge in [0.25, 0.3) is 0 Å². The van der Waals surface area contributed by atoms with E-state index in [1.165, 1.54) is 0 Å². The van der Waals surface area contributed by atoms with Crippen molar-refractivity contribution in [1.29, 1.82) is 0 Å². The zero-order valence-corrected chi connectivity index (χ0v) is 10.2. The van der Waals surface area contributed by atoms with Crippen LogP contribution in [-0.4, -0.2) is 24.0 Å². The third-order valence-electron chi connectivity index (χ3n) is 2.58. The number of nitrogens with zero attached hydrogens (tertiary/aromatic N) is 1. The Kier molecular flexibility index (Phi) is 3.58. The SMILES string of the molecule is NC(=S)COc1cccc(N2CCCC2=O)c1. The number of rotatable bonds is 4. The highest BCUT2D eigenvalue weighted by Crippen LogP contribution is 2.25. The molecule has 5 heteroatoms. The van der Waals surface area contributed by atoms with Gasteiger partial charge in [0.15, 0.2) is 0 Å². The van der Waals surface area contributed by atoms with Crippen molar-refractivity contribution in [3.63, 3.8) is 0 Å². The molecule has 0 unspecified atom stereocenters. The lowest BCUT2D eigenvalue weighted by molar-refractivity contribution is -0.117. The van der Waals surface area contributed by atoms with Crippen LogP contribution in [0.5, 0.6) is 5.75 Å². The van der Waals surface area contributed by atoms with Gasteiger partial charge in [0.1, 0.15) is 17.3 Å². The minimum absolute atomic E-state index is 0.163. The van der Waals surface area contributed by atoms with Crippen LogP contribution >= 0.6 is 12.2 Å². The number of anilines is 1. The molecule has 0 aliphatic carbocycles. The van der Waals surface area contributed by atoms with Crippen LogP contribution in [0.25, 0.3) is 0 Å². The lowest BCUT2D eigenvalue weighted by atomic mass is 10.3. The summed E-state index contributed by atoms with van der Waals surface area (Å²) >= 11 is 4.74. The molecule has 1 heterocycles. The van der Waals surface area contributed by atoms with Crippen LogP contribution in [0.15, 0.2) is 24.3 Å². The molecule has 1 aromatic rings. The molecule has 1 amide bonds. The number of carbonyl (C=O) groups excluding carboxylic acids is 1. The second kappa shape index (κ2) is 5.14. The molecular weight excluding hydrogens is 236 g/mol. The summed E-state index contributed by atoms with van der Waals surface area (Å²) in [5.74, 6) is 0.839. The summed E-state index contributed by atoms with van der Waals surface area (Å²) in [6.07, 6.45) is 1.54. The highest BCUT2D eigenvalue weighted by atomic mass is 32.1. The molecule has 17 heavy (non-hydrogen) atoms. The number of amides is 1. The van der Waals surface area contributed by atoms with E-state index in [0.29, 0.717) is 17.2 Å². The summed E-state index contributed by atoms with van der Waals surface area (Å²) in [4.78, 5) is 13.7. The Morgan fingerprint density at radius 2 is 2.35 bits per heavy atom. The van der Waals surface area contributed by atoms with Gasteiger partial charge in [0.05, 0.1) is 0 Å². The maximum Gasteiger partial charge on any atom is 0.227 e. The van der Waals surface area contributed by atoms with E-state index >= 15 is 0 Å². The fourth-order valence-electron chi connectivity index (χ4n) is 1.82. The van der Waals surface area contributed by atoms with Crippen LogP contribution in [0.3, 0.4) is 0 Å². The topological polar surface area (TPSA) is 55.6 Å². The number of carbonyl (C=O) groups is 1. The fourth-order valence-corrected chi connectivity index (χ4v) is 1.88. The predicted molar refractivity (Wildman–Crippen MR) is 70.3 cm³/mol. The molecule has 1 fully saturated rings. The molecule has 4 nitrogen and oxygen atoms in total. The first-order valence-corrected chi connectivity index (χ1v) is 5.89. The Labute approximate surface area is 105 Å². The van der Waals surface area contributed by atoms with Crippen molar-refractivity contribution >= 4 is 28.8 Å². The van der Waals surface area contributed by atoms with Crippen LogP contribution in [0, 0.1) is 0 Å². The largest absolute Gasteiger partial charge is 0.486 e. The minimum atomic E-state index is 0.163. The molecule has 1 aliphatic rings. The van der Waals surface area contributed by atoms with E-state index in [0.717, 1.165) is 18.7 Å². The Bertz CT molecular complexity index is 448. The summed E-state index contributed by atoms with van der Waals surface area (Å²) in [6.45, 7) is 0.990. The third kappa shape index (κ3) is 2.94. The number of hydrogen-bond acceptors (Lipinski definition) is 3. The van der Waals surface area contributed by atoms with Gasteiger partial charge >= 0.3 is 0 Å². The molecule has 0 atom stereocenters. The highest BCUT2D eigenvalue weighted by molar-refractivity contribution is 7.80. The standard InChI is InChI=1S/C12H14N2O2S/c13-11(17)8-16-10-4-1-3-9(7-10)14-6-2-5-12(14)15/h1,3-4,7H,2,5-6,8H2,(H2,13,17). The summed E-state index contributed by atoms with van der Waals surface area (Å²) in [7, 11) is 0. The Balaban J connectivity index is 2.10. The average Bonchev–Trinajstić information content (AvgIpc) is 2.73. The second-order valence-corrected chi connectivity index (χ2v) is 4.43. The number of ether oxygens (including phenoxy) is 1. The molecule has 0 saturated carbocycles. The molecule has 1 aliphatic heterocycles. The van der Waals surface area contributed by atoms with E-state index in [4.69, 9.17) is 22.7 Å². The first-order chi connectivity index (χ1) is 8.16. The highest BCUT2D eigenvalue weighted by Gasteiger charge is 2.21. The van der Waals surface area contributed by atoms with Crippen LogP contribution in [0.2, 0.25) is 0 Å². The quantitative estimate of drug-likeness (QED) is 0.822. The van der Waals surface area contributed by atoms with Gasteiger partial charge in [-0.2, -0.15) is 0 Å². The van der Waals surface area contributed by atoms with E-state index in [1.807, 2.05) is 24.3 Å². The van der Waals surface area contributed by atoms with E-state index in [1.54, 1.807) is 4.90 Å². The normalized spacial score (nSPS) is 15.1. The van der Waals surface area contributed by atoms with Crippen molar-refractivity contribution in [3.05, 3.63) is 24.3 Å². The zero-order chi connectivity index (χ0) is 12.3. The van der Waals surface area contributed by atoms with Crippen LogP contribution < -0.4 is 15.4 Å². The molecular formula is C12H14N2O2S. The molecule has 2 rings (SSSR count). The third-order valence-corrected chi connectivity index (χ3v) is 2.70. The summed E-state index contributed by atoms with van der Waals surface area (Å²) in [6, 6.07) is 7.41. The van der Waals surface area contributed by atoms with Gasteiger partial charge in [-0.05, 0) is 18.6 Å². The smallest absolute Gasteiger partial charge is 0.227 e. The molecule has 0 aromatic heterocycles. The van der Waals surface area contributed by atoms with Crippen LogP contribution in [-0.2, 0) is 4.79 Å². The summed E-state index contributed by atoms with van der Waals surface area (Å²) in [5, 5.41) is 0. The lowest BCUT2D eigenvalue weighted by Crippen LogP contribution is -2.23. The summed E-state index contributed by atoms with van der Waals surface area (Å²) in [5.41, 5.74) is 6.23. The lowest BCUT2D eigenvalue weighted by Gasteiger charge is -2.16. The molecule has 90 valence electrons. The van der Waals surface area contributed by atoms with Crippen molar-refractivity contribution in [2.75, 3.05) is 18.1 Å². The predicted octanol–water partition coefficient (Wildman–Crippen LogP) is 1.48. The van der Waals surface area contributed by atoms with Crippen molar-refractivity contribution < 1.29 is 9.53 Å². The number of thiocarbonyl (C=S) groups is 1. The maximum atomic E-state index is 11.6. The minimum Gasteiger partial charge on any atom is -0.486 e. The molecule has 0 spiro atoms. The van der Waals surface area contributed by atoms with Crippen molar-refractivity contribution in [2.24, 2.45) is 5.73 Å². The second-order valence-electron chi connectivity index (χ2n) is 3.90. The van der Waals surface area contributed by atoms with E-state index in [-0.39, 0.29) is 12.5 Å². The molecule has 0 radical (unpaired) electrons. The maximum absolute atomic E-state index is 11.6.